The van der Waals surface area contributed by atoms with E-state index in [1.165, 1.54) is 6.07 Å². The molecule has 7 nitrogen and oxygen atoms in total. The van der Waals surface area contributed by atoms with Crippen LogP contribution in [0.25, 0.3) is 10.9 Å². The number of hydrogen-bond acceptors (Lipinski definition) is 6. The molecule has 0 bridgehead atoms. The normalized spacial score (nSPS) is 9.81. The van der Waals surface area contributed by atoms with Crippen LogP contribution in [0.3, 0.4) is 0 Å². The zero-order valence-electron chi connectivity index (χ0n) is 13.9. The van der Waals surface area contributed by atoms with E-state index in [1.807, 2.05) is 26.0 Å². The van der Waals surface area contributed by atoms with Crippen LogP contribution in [0.1, 0.15) is 11.1 Å². The van der Waals surface area contributed by atoms with E-state index in [0.29, 0.717) is 5.75 Å². The third-order valence-corrected chi connectivity index (χ3v) is 3.66. The minimum atomic E-state index is -0.933. The van der Waals surface area contributed by atoms with Crippen molar-refractivity contribution in [2.75, 3.05) is 0 Å². The van der Waals surface area contributed by atoms with Crippen LogP contribution in [0.5, 0.6) is 11.5 Å². The molecular weight excluding hydrogens is 343 g/mol. The Kier molecular flexibility index (Phi) is 5.72. The molecule has 0 saturated carbocycles. The van der Waals surface area contributed by atoms with Crippen molar-refractivity contribution in [1.29, 1.82) is 0 Å². The monoisotopic (exact) mass is 356 g/mol. The molecule has 0 saturated heterocycles. The summed E-state index contributed by atoms with van der Waals surface area (Å²) in [7, 11) is 0. The second-order valence-electron chi connectivity index (χ2n) is 5.32. The lowest BCUT2D eigenvalue weighted by atomic mass is 10.1. The van der Waals surface area contributed by atoms with Gasteiger partial charge in [-0.1, -0.05) is 0 Å². The zero-order valence-corrected chi connectivity index (χ0v) is 13.9. The molecule has 0 radical (unpaired) electrons. The van der Waals surface area contributed by atoms with Gasteiger partial charge in [-0.25, -0.2) is 0 Å². The van der Waals surface area contributed by atoms with Gasteiger partial charge in [-0.2, -0.15) is 14.0 Å². The number of ether oxygens (including phenoxy) is 1. The van der Waals surface area contributed by atoms with Crippen LogP contribution in [0.2, 0.25) is 0 Å². The number of aryl methyl sites for hydroxylation is 2. The van der Waals surface area contributed by atoms with Gasteiger partial charge in [-0.3, -0.25) is 15.1 Å². The molecule has 0 spiro atoms. The van der Waals surface area contributed by atoms with Crippen LogP contribution in [-0.2, 0) is 9.59 Å². The fourth-order valence-corrected chi connectivity index (χ4v) is 2.30. The predicted molar refractivity (Wildman–Crippen MR) is 89.4 cm³/mol. The summed E-state index contributed by atoms with van der Waals surface area (Å²) >= 11 is 0. The van der Waals surface area contributed by atoms with Gasteiger partial charge in [0, 0.05) is 23.7 Å². The van der Waals surface area contributed by atoms with Crippen LogP contribution < -0.4 is 4.74 Å². The molecule has 2 aromatic carbocycles. The van der Waals surface area contributed by atoms with E-state index in [1.54, 1.807) is 12.3 Å². The Balaban J connectivity index is 0.000000758. The Hall–Kier alpha value is -3.64. The molecular formula is C18H13FN2O5. The molecule has 0 atom stereocenters. The lowest BCUT2D eigenvalue weighted by Gasteiger charge is -2.10. The van der Waals surface area contributed by atoms with Crippen molar-refractivity contribution in [2.24, 2.45) is 0 Å². The molecule has 0 aliphatic heterocycles. The summed E-state index contributed by atoms with van der Waals surface area (Å²) < 4.78 is 19.4. The molecule has 0 aliphatic rings. The van der Waals surface area contributed by atoms with Crippen molar-refractivity contribution < 1.29 is 23.6 Å². The van der Waals surface area contributed by atoms with Crippen molar-refractivity contribution in [3.63, 3.8) is 0 Å². The van der Waals surface area contributed by atoms with E-state index in [2.05, 4.69) is 4.98 Å². The van der Waals surface area contributed by atoms with Crippen LogP contribution in [0.4, 0.5) is 10.1 Å². The van der Waals surface area contributed by atoms with E-state index in [4.69, 9.17) is 14.3 Å². The number of fused-ring (bicyclic) bond motifs is 1. The van der Waals surface area contributed by atoms with E-state index < -0.39 is 16.4 Å². The minimum Gasteiger partial charge on any atom is -0.456 e. The van der Waals surface area contributed by atoms with Gasteiger partial charge >= 0.3 is 11.8 Å². The Morgan fingerprint density at radius 3 is 2.38 bits per heavy atom. The Labute approximate surface area is 147 Å². The summed E-state index contributed by atoms with van der Waals surface area (Å²) in [5.74, 6) is -0.219. The number of carbonyl (C=O) groups excluding carboxylic acids is 2. The standard InChI is InChI=1S/C17H13FN2O3.CO2/c1-10-7-13-15(8-11(10)2)19-6-5-17(13)23-12-3-4-16(20(21)22)14(18)9-12;2-1-3/h3-9H,1-2H3;. The maximum Gasteiger partial charge on any atom is 0.373 e. The Morgan fingerprint density at radius 1 is 1.12 bits per heavy atom. The smallest absolute Gasteiger partial charge is 0.373 e. The summed E-state index contributed by atoms with van der Waals surface area (Å²) in [5.41, 5.74) is 2.39. The van der Waals surface area contributed by atoms with Crippen molar-refractivity contribution in [3.05, 3.63) is 69.7 Å². The van der Waals surface area contributed by atoms with Gasteiger partial charge in [0.2, 0.25) is 5.82 Å². The number of pyridine rings is 1. The summed E-state index contributed by atoms with van der Waals surface area (Å²) in [4.78, 5) is 30.4. The first kappa shape index (κ1) is 18.7. The number of aromatic nitrogens is 1. The second kappa shape index (κ2) is 7.96. The Bertz CT molecular complexity index is 1010. The number of nitro benzene ring substituents is 1. The zero-order chi connectivity index (χ0) is 19.3. The summed E-state index contributed by atoms with van der Waals surface area (Å²) in [6.45, 7) is 3.98. The second-order valence-corrected chi connectivity index (χ2v) is 5.32. The van der Waals surface area contributed by atoms with Crippen molar-refractivity contribution in [2.45, 2.75) is 13.8 Å². The summed E-state index contributed by atoms with van der Waals surface area (Å²) in [5, 5.41) is 11.5. The van der Waals surface area contributed by atoms with Gasteiger partial charge < -0.3 is 4.74 Å². The first-order valence-electron chi connectivity index (χ1n) is 7.34. The highest BCUT2D eigenvalue weighted by Gasteiger charge is 2.15. The molecule has 1 aromatic heterocycles. The lowest BCUT2D eigenvalue weighted by molar-refractivity contribution is -0.387. The van der Waals surface area contributed by atoms with Gasteiger partial charge in [-0.05, 0) is 49.2 Å². The summed E-state index contributed by atoms with van der Waals surface area (Å²) in [6.07, 6.45) is 1.86. The quantitative estimate of drug-likeness (QED) is 0.517. The van der Waals surface area contributed by atoms with E-state index in [9.17, 15) is 14.5 Å². The topological polar surface area (TPSA) is 99.4 Å². The van der Waals surface area contributed by atoms with Gasteiger partial charge in [0.05, 0.1) is 10.4 Å². The number of rotatable bonds is 3. The molecule has 0 N–H and O–H groups in total. The molecule has 0 amide bonds. The van der Waals surface area contributed by atoms with Gasteiger partial charge in [0.15, 0.2) is 0 Å². The number of benzene rings is 2. The molecule has 0 aliphatic carbocycles. The average molecular weight is 356 g/mol. The fraction of sp³-hybridized carbons (Fsp3) is 0.111. The van der Waals surface area contributed by atoms with Crippen LogP contribution in [0.15, 0.2) is 42.6 Å². The van der Waals surface area contributed by atoms with Gasteiger partial charge in [-0.15, -0.1) is 0 Å². The minimum absolute atomic E-state index is 0.193. The molecule has 3 aromatic rings. The molecule has 0 fully saturated rings. The maximum absolute atomic E-state index is 13.7. The van der Waals surface area contributed by atoms with Gasteiger partial charge in [0.25, 0.3) is 0 Å². The van der Waals surface area contributed by atoms with E-state index in [-0.39, 0.29) is 11.9 Å². The number of halogens is 1. The van der Waals surface area contributed by atoms with Crippen LogP contribution in [-0.4, -0.2) is 16.1 Å². The highest BCUT2D eigenvalue weighted by molar-refractivity contribution is 5.86. The lowest BCUT2D eigenvalue weighted by Crippen LogP contribution is -1.94. The maximum atomic E-state index is 13.7. The molecule has 1 heterocycles. The highest BCUT2D eigenvalue weighted by atomic mass is 19.1. The number of nitro groups is 1. The molecule has 8 heteroatoms. The first-order chi connectivity index (χ1) is 12.4. The first-order valence-corrected chi connectivity index (χ1v) is 7.34. The highest BCUT2D eigenvalue weighted by Crippen LogP contribution is 2.32. The largest absolute Gasteiger partial charge is 0.456 e. The summed E-state index contributed by atoms with van der Waals surface area (Å²) in [6, 6.07) is 9.04. The average Bonchev–Trinajstić information content (AvgIpc) is 2.57. The predicted octanol–water partition coefficient (Wildman–Crippen LogP) is 4.11. The van der Waals surface area contributed by atoms with E-state index >= 15 is 0 Å². The van der Waals surface area contributed by atoms with Crippen molar-refractivity contribution in [1.82, 2.24) is 4.98 Å². The van der Waals surface area contributed by atoms with Crippen molar-refractivity contribution >= 4 is 22.7 Å². The Morgan fingerprint density at radius 2 is 1.77 bits per heavy atom. The van der Waals surface area contributed by atoms with Crippen LogP contribution >= 0.6 is 0 Å². The molecule has 0 unspecified atom stereocenters. The SMILES string of the molecule is Cc1cc2nccc(Oc3ccc([N+](=O)[O-])c(F)c3)c2cc1C.O=C=O. The van der Waals surface area contributed by atoms with Gasteiger partial charge in [0.1, 0.15) is 11.5 Å². The molecule has 26 heavy (non-hydrogen) atoms. The van der Waals surface area contributed by atoms with E-state index in [0.717, 1.165) is 34.2 Å². The third kappa shape index (κ3) is 4.06. The number of nitrogens with zero attached hydrogens (tertiary/aromatic N) is 2. The molecule has 132 valence electrons. The van der Waals surface area contributed by atoms with Crippen LogP contribution in [0, 0.1) is 29.8 Å². The third-order valence-electron chi connectivity index (χ3n) is 3.66. The fourth-order valence-electron chi connectivity index (χ4n) is 2.30. The molecule has 3 rings (SSSR count). The number of hydrogen-bond donors (Lipinski definition) is 0. The van der Waals surface area contributed by atoms with Crippen molar-refractivity contribution in [3.8, 4) is 11.5 Å².